The lowest BCUT2D eigenvalue weighted by molar-refractivity contribution is -0.130. The Morgan fingerprint density at radius 3 is 2.40 bits per heavy atom. The standard InChI is InChI=1S/C29H38N2O4/c1-22-13-15-23(16-14-22)19-28(32)31-20-26-27(21-31)35-25-12-8-7-11-24(25)29(33)30(2)17-9-5-3-4-6-10-18-34-26/h7-8,11-16,26-27H,3-6,9-10,17-21H2,1-2H3/t26-,27-/m1/s1. The molecule has 1 saturated heterocycles. The number of carbonyl (C=O) groups excluding carboxylic acids is 2. The molecule has 6 nitrogen and oxygen atoms in total. The molecule has 6 heteroatoms. The number of para-hydroxylation sites is 1. The molecule has 2 aliphatic rings. The van der Waals surface area contributed by atoms with E-state index in [1.165, 1.54) is 18.4 Å². The number of fused-ring (bicyclic) bond motifs is 2. The van der Waals surface area contributed by atoms with Crippen molar-refractivity contribution >= 4 is 11.8 Å². The molecule has 2 atom stereocenters. The van der Waals surface area contributed by atoms with Crippen molar-refractivity contribution in [2.75, 3.05) is 33.3 Å². The fraction of sp³-hybridized carbons (Fsp3) is 0.517. The molecule has 0 radical (unpaired) electrons. The maximum Gasteiger partial charge on any atom is 0.257 e. The number of nitrogens with zero attached hydrogens (tertiary/aromatic N) is 2. The van der Waals surface area contributed by atoms with Crippen LogP contribution in [0.15, 0.2) is 48.5 Å². The third kappa shape index (κ3) is 6.85. The minimum Gasteiger partial charge on any atom is -0.485 e. The predicted octanol–water partition coefficient (Wildman–Crippen LogP) is 4.64. The van der Waals surface area contributed by atoms with Crippen LogP contribution < -0.4 is 4.74 Å². The number of likely N-dealkylation sites (tertiary alicyclic amines) is 1. The Morgan fingerprint density at radius 2 is 1.60 bits per heavy atom. The van der Waals surface area contributed by atoms with Crippen molar-refractivity contribution in [1.82, 2.24) is 9.80 Å². The summed E-state index contributed by atoms with van der Waals surface area (Å²) in [6.07, 6.45) is 6.45. The van der Waals surface area contributed by atoms with Crippen LogP contribution in [0.3, 0.4) is 0 Å². The average Bonchev–Trinajstić information content (AvgIpc) is 3.26. The molecule has 0 spiro atoms. The minimum atomic E-state index is -0.316. The Labute approximate surface area is 209 Å². The highest BCUT2D eigenvalue weighted by Gasteiger charge is 2.38. The fourth-order valence-corrected chi connectivity index (χ4v) is 4.82. The summed E-state index contributed by atoms with van der Waals surface area (Å²) in [5, 5.41) is 0. The molecule has 35 heavy (non-hydrogen) atoms. The number of carbonyl (C=O) groups is 2. The molecule has 0 N–H and O–H groups in total. The molecule has 0 bridgehead atoms. The van der Waals surface area contributed by atoms with Gasteiger partial charge in [0.25, 0.3) is 5.91 Å². The number of aryl methyl sites for hydroxylation is 1. The largest absolute Gasteiger partial charge is 0.485 e. The summed E-state index contributed by atoms with van der Waals surface area (Å²) >= 11 is 0. The first-order valence-corrected chi connectivity index (χ1v) is 13.0. The molecule has 2 aromatic carbocycles. The van der Waals surface area contributed by atoms with Crippen LogP contribution in [0.25, 0.3) is 0 Å². The molecular weight excluding hydrogens is 440 g/mol. The second-order valence-corrected chi connectivity index (χ2v) is 9.87. The predicted molar refractivity (Wildman–Crippen MR) is 137 cm³/mol. The summed E-state index contributed by atoms with van der Waals surface area (Å²) in [5.41, 5.74) is 2.75. The third-order valence-corrected chi connectivity index (χ3v) is 7.01. The van der Waals surface area contributed by atoms with E-state index in [1.54, 1.807) is 4.90 Å². The van der Waals surface area contributed by atoms with Gasteiger partial charge in [-0.15, -0.1) is 0 Å². The van der Waals surface area contributed by atoms with Crippen LogP contribution in [0, 0.1) is 6.92 Å². The quantitative estimate of drug-likeness (QED) is 0.631. The van der Waals surface area contributed by atoms with E-state index >= 15 is 0 Å². The fourth-order valence-electron chi connectivity index (χ4n) is 4.82. The number of benzene rings is 2. The highest BCUT2D eigenvalue weighted by atomic mass is 16.5. The van der Waals surface area contributed by atoms with Crippen LogP contribution >= 0.6 is 0 Å². The first-order chi connectivity index (χ1) is 17.0. The maximum absolute atomic E-state index is 13.2. The topological polar surface area (TPSA) is 59.1 Å². The van der Waals surface area contributed by atoms with Gasteiger partial charge in [-0.25, -0.2) is 0 Å². The van der Waals surface area contributed by atoms with Gasteiger partial charge in [0.1, 0.15) is 18.0 Å². The molecule has 2 amide bonds. The number of hydrogen-bond acceptors (Lipinski definition) is 4. The van der Waals surface area contributed by atoms with Gasteiger partial charge in [0.05, 0.1) is 25.1 Å². The van der Waals surface area contributed by atoms with Crippen molar-refractivity contribution in [2.24, 2.45) is 0 Å². The van der Waals surface area contributed by atoms with E-state index in [-0.39, 0.29) is 24.0 Å². The number of ether oxygens (including phenoxy) is 2. The maximum atomic E-state index is 13.2. The van der Waals surface area contributed by atoms with Crippen LogP contribution in [-0.4, -0.2) is 67.1 Å². The third-order valence-electron chi connectivity index (χ3n) is 7.01. The van der Waals surface area contributed by atoms with Gasteiger partial charge in [0.2, 0.25) is 5.91 Å². The highest BCUT2D eigenvalue weighted by molar-refractivity contribution is 5.96. The van der Waals surface area contributed by atoms with E-state index in [0.717, 1.165) is 37.8 Å². The summed E-state index contributed by atoms with van der Waals surface area (Å²) in [6.45, 7) is 4.40. The summed E-state index contributed by atoms with van der Waals surface area (Å²) in [5.74, 6) is 0.599. The Kier molecular flexibility index (Phi) is 8.80. The summed E-state index contributed by atoms with van der Waals surface area (Å²) < 4.78 is 12.7. The van der Waals surface area contributed by atoms with E-state index in [2.05, 4.69) is 0 Å². The molecule has 4 rings (SSSR count). The van der Waals surface area contributed by atoms with Crippen molar-refractivity contribution in [3.8, 4) is 5.75 Å². The summed E-state index contributed by atoms with van der Waals surface area (Å²) in [6, 6.07) is 15.5. The Balaban J connectivity index is 1.51. The minimum absolute atomic E-state index is 0.0320. The van der Waals surface area contributed by atoms with Crippen LogP contribution in [0.5, 0.6) is 5.75 Å². The Morgan fingerprint density at radius 1 is 0.914 bits per heavy atom. The van der Waals surface area contributed by atoms with E-state index < -0.39 is 0 Å². The van der Waals surface area contributed by atoms with Gasteiger partial charge in [-0.1, -0.05) is 67.6 Å². The molecule has 0 aromatic heterocycles. The lowest BCUT2D eigenvalue weighted by atomic mass is 10.1. The van der Waals surface area contributed by atoms with Crippen molar-refractivity contribution in [3.63, 3.8) is 0 Å². The van der Waals surface area contributed by atoms with Crippen molar-refractivity contribution in [3.05, 3.63) is 65.2 Å². The molecule has 2 aromatic rings. The molecule has 188 valence electrons. The first-order valence-electron chi connectivity index (χ1n) is 13.0. The van der Waals surface area contributed by atoms with E-state index in [4.69, 9.17) is 9.47 Å². The Hall–Kier alpha value is -2.86. The lowest BCUT2D eigenvalue weighted by Crippen LogP contribution is -2.34. The van der Waals surface area contributed by atoms with Gasteiger partial charge in [0.15, 0.2) is 0 Å². The van der Waals surface area contributed by atoms with Gasteiger partial charge in [-0.2, -0.15) is 0 Å². The number of hydrogen-bond donors (Lipinski definition) is 0. The van der Waals surface area contributed by atoms with E-state index in [1.807, 2.05) is 67.4 Å². The van der Waals surface area contributed by atoms with Gasteiger partial charge in [-0.05, 0) is 37.5 Å². The van der Waals surface area contributed by atoms with Crippen molar-refractivity contribution in [2.45, 2.75) is 64.1 Å². The van der Waals surface area contributed by atoms with E-state index in [0.29, 0.717) is 37.4 Å². The monoisotopic (exact) mass is 478 g/mol. The molecule has 2 heterocycles. The second-order valence-electron chi connectivity index (χ2n) is 9.87. The summed E-state index contributed by atoms with van der Waals surface area (Å²) in [7, 11) is 1.86. The van der Waals surface area contributed by atoms with Crippen molar-refractivity contribution in [1.29, 1.82) is 0 Å². The van der Waals surface area contributed by atoms with Gasteiger partial charge in [-0.3, -0.25) is 9.59 Å². The summed E-state index contributed by atoms with van der Waals surface area (Å²) in [4.78, 5) is 29.9. The SMILES string of the molecule is Cc1ccc(CC(=O)N2C[C@H]3OCCCCCCCCN(C)C(=O)c4ccccc4O[C@@H]3C2)cc1. The van der Waals surface area contributed by atoms with Crippen molar-refractivity contribution < 1.29 is 19.1 Å². The Bertz CT molecular complexity index is 990. The van der Waals surface area contributed by atoms with Crippen LogP contribution in [-0.2, 0) is 16.0 Å². The van der Waals surface area contributed by atoms with Gasteiger partial charge < -0.3 is 19.3 Å². The zero-order valence-electron chi connectivity index (χ0n) is 21.1. The van der Waals surface area contributed by atoms with Crippen LogP contribution in [0.1, 0.15) is 60.0 Å². The molecule has 2 aliphatic heterocycles. The van der Waals surface area contributed by atoms with Crippen LogP contribution in [0.4, 0.5) is 0 Å². The molecule has 0 aliphatic carbocycles. The second kappa shape index (κ2) is 12.2. The molecule has 1 fully saturated rings. The zero-order valence-corrected chi connectivity index (χ0v) is 21.1. The zero-order chi connectivity index (χ0) is 24.6. The first kappa shape index (κ1) is 25.2. The normalized spacial score (nSPS) is 22.3. The lowest BCUT2D eigenvalue weighted by Gasteiger charge is -2.24. The van der Waals surface area contributed by atoms with Gasteiger partial charge >= 0.3 is 0 Å². The smallest absolute Gasteiger partial charge is 0.257 e. The molecule has 0 saturated carbocycles. The van der Waals surface area contributed by atoms with Gasteiger partial charge in [0, 0.05) is 20.2 Å². The van der Waals surface area contributed by atoms with E-state index in [9.17, 15) is 9.59 Å². The van der Waals surface area contributed by atoms with Crippen LogP contribution in [0.2, 0.25) is 0 Å². The highest BCUT2D eigenvalue weighted by Crippen LogP contribution is 2.26. The number of amides is 2. The average molecular weight is 479 g/mol. The molecular formula is C29H38N2O4. The number of rotatable bonds is 2. The molecule has 0 unspecified atom stereocenters.